The van der Waals surface area contributed by atoms with Crippen LogP contribution >= 0.6 is 0 Å². The first-order chi connectivity index (χ1) is 5.22. The maximum atomic E-state index is 9.95. The van der Waals surface area contributed by atoms with Gasteiger partial charge in [-0.2, -0.15) is 0 Å². The van der Waals surface area contributed by atoms with Gasteiger partial charge in [0.1, 0.15) is 0 Å². The molecule has 11 heavy (non-hydrogen) atoms. The molecule has 0 bridgehead atoms. The van der Waals surface area contributed by atoms with Crippen molar-refractivity contribution in [2.75, 3.05) is 0 Å². The van der Waals surface area contributed by atoms with Crippen LogP contribution in [0.4, 0.5) is 0 Å². The second kappa shape index (κ2) is 2.48. The maximum absolute atomic E-state index is 9.95. The van der Waals surface area contributed by atoms with Crippen molar-refractivity contribution < 1.29 is 5.11 Å². The van der Waals surface area contributed by atoms with Crippen LogP contribution in [0.5, 0.6) is 0 Å². The summed E-state index contributed by atoms with van der Waals surface area (Å²) in [5.74, 6) is 0.665. The van der Waals surface area contributed by atoms with Gasteiger partial charge in [-0.25, -0.2) is 0 Å². The molecule has 0 aromatic rings. The fraction of sp³-hybridized carbons (Fsp3) is 1.00. The Bertz CT molecular complexity index is 143. The Labute approximate surface area is 68.8 Å². The smallest absolute Gasteiger partial charge is 0.0621 e. The average molecular weight is 154 g/mol. The van der Waals surface area contributed by atoms with E-state index in [-0.39, 0.29) is 6.10 Å². The van der Waals surface area contributed by atoms with E-state index in [2.05, 4.69) is 6.92 Å². The predicted octanol–water partition coefficient (Wildman–Crippen LogP) is 2.34. The Morgan fingerprint density at radius 3 is 2.27 bits per heavy atom. The minimum Gasteiger partial charge on any atom is -0.392 e. The molecule has 0 amide bonds. The Hall–Kier alpha value is -0.0400. The number of rotatable bonds is 2. The van der Waals surface area contributed by atoms with E-state index in [1.807, 2.05) is 0 Å². The lowest BCUT2D eigenvalue weighted by Crippen LogP contribution is -2.31. The molecule has 1 atom stereocenters. The summed E-state index contributed by atoms with van der Waals surface area (Å²) in [5.41, 5.74) is 0.293. The van der Waals surface area contributed by atoms with E-state index in [1.165, 1.54) is 38.5 Å². The summed E-state index contributed by atoms with van der Waals surface area (Å²) < 4.78 is 0. The summed E-state index contributed by atoms with van der Waals surface area (Å²) in [6.45, 7) is 2.27. The molecular formula is C10H18O. The van der Waals surface area contributed by atoms with Gasteiger partial charge in [0.15, 0.2) is 0 Å². The maximum Gasteiger partial charge on any atom is 0.0621 e. The minimum absolute atomic E-state index is 0.0185. The molecule has 2 fully saturated rings. The summed E-state index contributed by atoms with van der Waals surface area (Å²) in [7, 11) is 0. The number of aliphatic hydroxyl groups excluding tert-OH is 1. The van der Waals surface area contributed by atoms with E-state index in [1.54, 1.807) is 0 Å². The molecule has 1 unspecified atom stereocenters. The van der Waals surface area contributed by atoms with E-state index >= 15 is 0 Å². The number of hydrogen-bond donors (Lipinski definition) is 1. The van der Waals surface area contributed by atoms with Gasteiger partial charge < -0.3 is 5.11 Å². The van der Waals surface area contributed by atoms with Crippen LogP contribution in [0.25, 0.3) is 0 Å². The molecule has 0 heterocycles. The SMILES string of the molecule is CC1(C(O)C2CC2)CCCC1. The highest BCUT2D eigenvalue weighted by atomic mass is 16.3. The fourth-order valence-corrected chi connectivity index (χ4v) is 2.46. The van der Waals surface area contributed by atoms with Gasteiger partial charge >= 0.3 is 0 Å². The topological polar surface area (TPSA) is 20.2 Å². The first-order valence-corrected chi connectivity index (χ1v) is 4.90. The molecule has 0 spiro atoms. The Kier molecular flexibility index (Phi) is 1.71. The molecule has 2 saturated carbocycles. The molecule has 0 radical (unpaired) electrons. The van der Waals surface area contributed by atoms with Gasteiger partial charge in [-0.1, -0.05) is 19.8 Å². The highest BCUT2D eigenvalue weighted by Crippen LogP contribution is 2.48. The van der Waals surface area contributed by atoms with Crippen molar-refractivity contribution in [3.05, 3.63) is 0 Å². The average Bonchev–Trinajstić information content (AvgIpc) is 2.74. The van der Waals surface area contributed by atoms with E-state index in [4.69, 9.17) is 0 Å². The van der Waals surface area contributed by atoms with Crippen molar-refractivity contribution in [1.29, 1.82) is 0 Å². The summed E-state index contributed by atoms with van der Waals surface area (Å²) in [6.07, 6.45) is 7.74. The predicted molar refractivity (Wildman–Crippen MR) is 45.3 cm³/mol. The quantitative estimate of drug-likeness (QED) is 0.647. The molecule has 2 aliphatic rings. The number of aliphatic hydroxyl groups is 1. The Morgan fingerprint density at radius 2 is 1.82 bits per heavy atom. The van der Waals surface area contributed by atoms with Crippen molar-refractivity contribution in [1.82, 2.24) is 0 Å². The summed E-state index contributed by atoms with van der Waals surface area (Å²) in [5, 5.41) is 9.95. The van der Waals surface area contributed by atoms with Crippen molar-refractivity contribution >= 4 is 0 Å². The molecule has 0 saturated heterocycles. The largest absolute Gasteiger partial charge is 0.392 e. The van der Waals surface area contributed by atoms with Crippen molar-refractivity contribution in [3.8, 4) is 0 Å². The van der Waals surface area contributed by atoms with Gasteiger partial charge in [0.25, 0.3) is 0 Å². The van der Waals surface area contributed by atoms with E-state index in [0.717, 1.165) is 0 Å². The number of hydrogen-bond acceptors (Lipinski definition) is 1. The Balaban J connectivity index is 1.99. The zero-order chi connectivity index (χ0) is 7.90. The highest BCUT2D eigenvalue weighted by Gasteiger charge is 2.43. The molecule has 1 heteroatoms. The molecule has 0 aromatic heterocycles. The summed E-state index contributed by atoms with van der Waals surface area (Å²) >= 11 is 0. The van der Waals surface area contributed by atoms with Crippen molar-refractivity contribution in [2.45, 2.75) is 51.6 Å². The highest BCUT2D eigenvalue weighted by molar-refractivity contribution is 4.94. The first kappa shape index (κ1) is 7.60. The van der Waals surface area contributed by atoms with E-state index < -0.39 is 0 Å². The molecule has 2 rings (SSSR count). The molecular weight excluding hydrogens is 136 g/mol. The second-order valence-corrected chi connectivity index (χ2v) is 4.64. The van der Waals surface area contributed by atoms with Gasteiger partial charge in [-0.3, -0.25) is 0 Å². The standard InChI is InChI=1S/C10H18O/c1-10(6-2-3-7-10)9(11)8-4-5-8/h8-9,11H,2-7H2,1H3. The van der Waals surface area contributed by atoms with E-state index in [9.17, 15) is 5.11 Å². The fourth-order valence-electron chi connectivity index (χ4n) is 2.46. The molecule has 0 aromatic carbocycles. The third kappa shape index (κ3) is 1.31. The monoisotopic (exact) mass is 154 g/mol. The van der Waals surface area contributed by atoms with Crippen molar-refractivity contribution in [3.63, 3.8) is 0 Å². The van der Waals surface area contributed by atoms with Crippen LogP contribution in [-0.2, 0) is 0 Å². The van der Waals surface area contributed by atoms with Crippen LogP contribution in [0.3, 0.4) is 0 Å². The zero-order valence-electron chi connectivity index (χ0n) is 7.34. The van der Waals surface area contributed by atoms with Crippen LogP contribution in [-0.4, -0.2) is 11.2 Å². The van der Waals surface area contributed by atoms with Crippen LogP contribution in [0.1, 0.15) is 45.4 Å². The van der Waals surface area contributed by atoms with Gasteiger partial charge in [0, 0.05) is 0 Å². The lowest BCUT2D eigenvalue weighted by atomic mass is 9.80. The summed E-state index contributed by atoms with van der Waals surface area (Å²) in [4.78, 5) is 0. The normalized spacial score (nSPS) is 32.2. The third-order valence-electron chi connectivity index (χ3n) is 3.53. The van der Waals surface area contributed by atoms with Crippen LogP contribution in [0.2, 0.25) is 0 Å². The first-order valence-electron chi connectivity index (χ1n) is 4.90. The zero-order valence-corrected chi connectivity index (χ0v) is 7.34. The van der Waals surface area contributed by atoms with Crippen LogP contribution in [0.15, 0.2) is 0 Å². The lowest BCUT2D eigenvalue weighted by molar-refractivity contribution is 0.0241. The van der Waals surface area contributed by atoms with Gasteiger partial charge in [0.2, 0.25) is 0 Å². The molecule has 1 N–H and O–H groups in total. The molecule has 64 valence electrons. The van der Waals surface area contributed by atoms with Crippen molar-refractivity contribution in [2.24, 2.45) is 11.3 Å². The van der Waals surface area contributed by atoms with Gasteiger partial charge in [0.05, 0.1) is 6.10 Å². The lowest BCUT2D eigenvalue weighted by Gasteiger charge is -2.29. The van der Waals surface area contributed by atoms with Crippen LogP contribution in [0, 0.1) is 11.3 Å². The molecule has 2 aliphatic carbocycles. The second-order valence-electron chi connectivity index (χ2n) is 4.64. The summed E-state index contributed by atoms with van der Waals surface area (Å²) in [6, 6.07) is 0. The molecule has 0 aliphatic heterocycles. The van der Waals surface area contributed by atoms with Gasteiger partial charge in [-0.15, -0.1) is 0 Å². The molecule has 1 nitrogen and oxygen atoms in total. The van der Waals surface area contributed by atoms with E-state index in [0.29, 0.717) is 11.3 Å². The van der Waals surface area contributed by atoms with Crippen LogP contribution < -0.4 is 0 Å². The third-order valence-corrected chi connectivity index (χ3v) is 3.53. The Morgan fingerprint density at radius 1 is 1.27 bits per heavy atom. The minimum atomic E-state index is 0.0185. The van der Waals surface area contributed by atoms with Gasteiger partial charge in [-0.05, 0) is 37.0 Å².